The fourth-order valence-corrected chi connectivity index (χ4v) is 4.48. The molecule has 2 fully saturated rings. The minimum Gasteiger partial charge on any atom is -0.398 e. The number of hydrogen-bond acceptors (Lipinski definition) is 5. The van der Waals surface area contributed by atoms with Crippen molar-refractivity contribution in [3.05, 3.63) is 36.3 Å². The van der Waals surface area contributed by atoms with Gasteiger partial charge in [-0.1, -0.05) is 13.8 Å². The van der Waals surface area contributed by atoms with Gasteiger partial charge >= 0.3 is 0 Å². The molecule has 1 aliphatic carbocycles. The summed E-state index contributed by atoms with van der Waals surface area (Å²) in [4.78, 5) is 16.4. The van der Waals surface area contributed by atoms with Crippen LogP contribution in [0.1, 0.15) is 57.4 Å². The number of alkyl halides is 1. The Balaban J connectivity index is 1.52. The maximum atomic E-state index is 13.2. The van der Waals surface area contributed by atoms with Gasteiger partial charge in [-0.15, -0.1) is 0 Å². The zero-order valence-electron chi connectivity index (χ0n) is 18.3. The first-order valence-electron chi connectivity index (χ1n) is 11.3. The molecule has 2 aromatic heterocycles. The summed E-state index contributed by atoms with van der Waals surface area (Å²) in [7, 11) is 0. The zero-order chi connectivity index (χ0) is 22.4. The maximum absolute atomic E-state index is 13.2. The molecule has 0 radical (unpaired) electrons. The van der Waals surface area contributed by atoms with Gasteiger partial charge in [0.15, 0.2) is 0 Å². The Bertz CT molecular complexity index is 1170. The largest absolute Gasteiger partial charge is 0.398 e. The predicted molar refractivity (Wildman–Crippen MR) is 122 cm³/mol. The van der Waals surface area contributed by atoms with Crippen LogP contribution in [-0.4, -0.2) is 33.5 Å². The van der Waals surface area contributed by atoms with Gasteiger partial charge in [0.25, 0.3) is 0 Å². The van der Waals surface area contributed by atoms with Crippen molar-refractivity contribution in [2.24, 2.45) is 5.92 Å². The number of anilines is 2. The number of benzene rings is 1. The molecule has 1 amide bonds. The highest BCUT2D eigenvalue weighted by atomic mass is 19.1. The minimum atomic E-state index is -1.04. The number of halogens is 1. The third kappa shape index (κ3) is 3.83. The Labute approximate surface area is 186 Å². The van der Waals surface area contributed by atoms with Gasteiger partial charge in [0.1, 0.15) is 18.2 Å². The number of carbonyl (C=O) groups excluding carboxylic acids is 1. The van der Waals surface area contributed by atoms with Gasteiger partial charge in [0.2, 0.25) is 5.91 Å². The van der Waals surface area contributed by atoms with Gasteiger partial charge in [0, 0.05) is 29.4 Å². The molecular formula is C24H28FN5O2. The summed E-state index contributed by atoms with van der Waals surface area (Å²) in [5.41, 5.74) is 10.1. The molecule has 32 heavy (non-hydrogen) atoms. The molecule has 2 aliphatic rings. The van der Waals surface area contributed by atoms with Crippen molar-refractivity contribution < 1.29 is 13.9 Å². The number of pyridine rings is 1. The van der Waals surface area contributed by atoms with E-state index in [1.807, 2.05) is 23.0 Å². The molecule has 8 heteroatoms. The Kier molecular flexibility index (Phi) is 5.33. The van der Waals surface area contributed by atoms with Gasteiger partial charge in [-0.3, -0.25) is 4.79 Å². The topological polar surface area (TPSA) is 95.1 Å². The molecule has 3 N–H and O–H groups in total. The van der Waals surface area contributed by atoms with E-state index in [0.29, 0.717) is 11.5 Å². The van der Waals surface area contributed by atoms with E-state index in [0.717, 1.165) is 53.5 Å². The first-order chi connectivity index (χ1) is 15.4. The monoisotopic (exact) mass is 437 g/mol. The summed E-state index contributed by atoms with van der Waals surface area (Å²) in [5, 5.41) is 9.06. The molecule has 1 aromatic carbocycles. The van der Waals surface area contributed by atoms with Crippen LogP contribution in [0, 0.1) is 5.92 Å². The van der Waals surface area contributed by atoms with Crippen LogP contribution in [0.15, 0.2) is 30.6 Å². The average Bonchev–Trinajstić information content (AvgIpc) is 3.34. The molecule has 168 valence electrons. The standard InChI is InChI=1S/C24H28FN5O2/c1-13(2)23-18(12-28-30(23)22-5-3-4-6-32-22)14-7-15-9-21(27-11-17(15)20(26)8-14)29-24(31)16-10-19(16)25/h7-9,11-13,16,19,22H,3-6,10,26H2,1-2H3,(H,27,29,31)/t16-,19+,22?/m1/s1. The van der Waals surface area contributed by atoms with Gasteiger partial charge < -0.3 is 15.8 Å². The normalized spacial score (nSPS) is 22.9. The lowest BCUT2D eigenvalue weighted by molar-refractivity contribution is -0.117. The number of aromatic nitrogens is 3. The van der Waals surface area contributed by atoms with E-state index < -0.39 is 12.1 Å². The van der Waals surface area contributed by atoms with Crippen LogP contribution in [0.25, 0.3) is 21.9 Å². The number of nitrogens with zero attached hydrogens (tertiary/aromatic N) is 3. The quantitative estimate of drug-likeness (QED) is 0.559. The Morgan fingerprint density at radius 3 is 2.78 bits per heavy atom. The van der Waals surface area contributed by atoms with Gasteiger partial charge in [-0.05, 0) is 60.7 Å². The molecule has 0 bridgehead atoms. The SMILES string of the molecule is CC(C)c1c(-c2cc(N)c3cnc(NC(=O)[C@@H]4C[C@@H]4F)cc3c2)cnn1C1CCCCO1. The third-order valence-corrected chi connectivity index (χ3v) is 6.29. The van der Waals surface area contributed by atoms with Crippen molar-refractivity contribution in [3.63, 3.8) is 0 Å². The van der Waals surface area contributed by atoms with Crippen LogP contribution >= 0.6 is 0 Å². The van der Waals surface area contributed by atoms with E-state index in [9.17, 15) is 9.18 Å². The fraction of sp³-hybridized carbons (Fsp3) is 0.458. The number of hydrogen-bond donors (Lipinski definition) is 2. The fourth-order valence-electron chi connectivity index (χ4n) is 4.48. The molecular weight excluding hydrogens is 409 g/mol. The van der Waals surface area contributed by atoms with Crippen LogP contribution in [-0.2, 0) is 9.53 Å². The zero-order valence-corrected chi connectivity index (χ0v) is 18.3. The number of carbonyl (C=O) groups is 1. The summed E-state index contributed by atoms with van der Waals surface area (Å²) in [6.07, 6.45) is 5.89. The predicted octanol–water partition coefficient (Wildman–Crippen LogP) is 4.80. The number of fused-ring (bicyclic) bond motifs is 1. The van der Waals surface area contributed by atoms with Crippen LogP contribution < -0.4 is 11.1 Å². The maximum Gasteiger partial charge on any atom is 0.231 e. The first-order valence-corrected chi connectivity index (χ1v) is 11.3. The van der Waals surface area contributed by atoms with E-state index in [-0.39, 0.29) is 24.5 Å². The lowest BCUT2D eigenvalue weighted by Gasteiger charge is -2.26. The summed E-state index contributed by atoms with van der Waals surface area (Å²) in [6, 6.07) is 5.76. The highest BCUT2D eigenvalue weighted by Gasteiger charge is 2.43. The smallest absolute Gasteiger partial charge is 0.231 e. The van der Waals surface area contributed by atoms with Gasteiger partial charge in [0.05, 0.1) is 17.8 Å². The van der Waals surface area contributed by atoms with E-state index >= 15 is 0 Å². The van der Waals surface area contributed by atoms with Crippen LogP contribution in [0.4, 0.5) is 15.9 Å². The van der Waals surface area contributed by atoms with Gasteiger partial charge in [-0.2, -0.15) is 5.10 Å². The second kappa shape index (κ2) is 8.16. The molecule has 3 heterocycles. The van der Waals surface area contributed by atoms with Crippen LogP contribution in [0.5, 0.6) is 0 Å². The van der Waals surface area contributed by atoms with E-state index in [1.165, 1.54) is 0 Å². The van der Waals surface area contributed by atoms with E-state index in [1.54, 1.807) is 12.3 Å². The van der Waals surface area contributed by atoms with E-state index in [2.05, 4.69) is 29.2 Å². The number of nitrogens with two attached hydrogens (primary N) is 1. The number of rotatable bonds is 5. The van der Waals surface area contributed by atoms with Crippen molar-refractivity contribution in [1.29, 1.82) is 0 Å². The molecule has 1 saturated carbocycles. The second-order valence-electron chi connectivity index (χ2n) is 9.07. The van der Waals surface area contributed by atoms with Crippen molar-refractivity contribution >= 4 is 28.2 Å². The molecule has 3 aromatic rings. The number of nitrogens with one attached hydrogen (secondary N) is 1. The number of ether oxygens (including phenoxy) is 1. The highest BCUT2D eigenvalue weighted by molar-refractivity contribution is 6.00. The number of amides is 1. The van der Waals surface area contributed by atoms with E-state index in [4.69, 9.17) is 10.5 Å². The molecule has 1 unspecified atom stereocenters. The van der Waals surface area contributed by atoms with Crippen LogP contribution in [0.2, 0.25) is 0 Å². The molecule has 7 nitrogen and oxygen atoms in total. The van der Waals surface area contributed by atoms with Crippen LogP contribution in [0.3, 0.4) is 0 Å². The molecule has 1 saturated heterocycles. The van der Waals surface area contributed by atoms with Crippen molar-refractivity contribution in [1.82, 2.24) is 14.8 Å². The highest BCUT2D eigenvalue weighted by Crippen LogP contribution is 2.37. The lowest BCUT2D eigenvalue weighted by atomic mass is 9.97. The lowest BCUT2D eigenvalue weighted by Crippen LogP contribution is -2.21. The molecule has 1 aliphatic heterocycles. The summed E-state index contributed by atoms with van der Waals surface area (Å²) >= 11 is 0. The molecule has 3 atom stereocenters. The number of nitrogen functional groups attached to an aromatic ring is 1. The third-order valence-electron chi connectivity index (χ3n) is 6.29. The summed E-state index contributed by atoms with van der Waals surface area (Å²) in [6.45, 7) is 5.06. The van der Waals surface area contributed by atoms with Gasteiger partial charge in [-0.25, -0.2) is 14.1 Å². The Hall–Kier alpha value is -3.00. The first kappa shape index (κ1) is 20.9. The minimum absolute atomic E-state index is 0.0412. The van der Waals surface area contributed by atoms with Crippen molar-refractivity contribution in [2.45, 2.75) is 57.8 Å². The average molecular weight is 438 g/mol. The summed E-state index contributed by atoms with van der Waals surface area (Å²) in [5.74, 6) is -0.252. The Morgan fingerprint density at radius 2 is 2.09 bits per heavy atom. The second-order valence-corrected chi connectivity index (χ2v) is 9.07. The summed E-state index contributed by atoms with van der Waals surface area (Å²) < 4.78 is 21.2. The molecule has 0 spiro atoms. The molecule has 5 rings (SSSR count). The van der Waals surface area contributed by atoms with Crippen molar-refractivity contribution in [2.75, 3.05) is 17.7 Å². The van der Waals surface area contributed by atoms with Crippen molar-refractivity contribution in [3.8, 4) is 11.1 Å². The Morgan fingerprint density at radius 1 is 1.28 bits per heavy atom.